The molecule has 1 atom stereocenters. The molecule has 33 heavy (non-hydrogen) atoms. The van der Waals surface area contributed by atoms with Gasteiger partial charge in [-0.15, -0.1) is 0 Å². The van der Waals surface area contributed by atoms with E-state index in [4.69, 9.17) is 10.5 Å². The number of nitrogen functional groups attached to an aromatic ring is 1. The summed E-state index contributed by atoms with van der Waals surface area (Å²) in [6, 6.07) is 16.9. The van der Waals surface area contributed by atoms with Gasteiger partial charge < -0.3 is 20.7 Å². The molecule has 0 saturated heterocycles. The number of hydrogen-bond donors (Lipinski definition) is 3. The Morgan fingerprint density at radius 2 is 1.91 bits per heavy atom. The highest BCUT2D eigenvalue weighted by Crippen LogP contribution is 2.37. The lowest BCUT2D eigenvalue weighted by atomic mass is 9.98. The fraction of sp³-hybridized carbons (Fsp3) is 0.167. The molecule has 166 valence electrons. The average Bonchev–Trinajstić information content (AvgIpc) is 3.35. The molecule has 0 fully saturated rings. The van der Waals surface area contributed by atoms with Gasteiger partial charge in [-0.25, -0.2) is 4.98 Å². The van der Waals surface area contributed by atoms with Crippen LogP contribution in [0.25, 0.3) is 10.9 Å². The number of nitrogens with zero attached hydrogens (tertiary/aromatic N) is 3. The molecule has 9 nitrogen and oxygen atoms in total. The van der Waals surface area contributed by atoms with Crippen molar-refractivity contribution in [1.29, 1.82) is 0 Å². The van der Waals surface area contributed by atoms with Crippen LogP contribution in [0.4, 0.5) is 11.5 Å². The summed E-state index contributed by atoms with van der Waals surface area (Å²) in [4.78, 5) is 32.3. The maximum absolute atomic E-state index is 13.5. The van der Waals surface area contributed by atoms with Crippen LogP contribution in [0.2, 0.25) is 0 Å². The lowest BCUT2D eigenvalue weighted by molar-refractivity contribution is -0.145. The van der Waals surface area contributed by atoms with Crippen LogP contribution < -0.4 is 15.8 Å². The molecule has 1 unspecified atom stereocenters. The van der Waals surface area contributed by atoms with Crippen molar-refractivity contribution >= 4 is 34.2 Å². The third kappa shape index (κ3) is 3.96. The third-order valence-corrected chi connectivity index (χ3v) is 5.72. The van der Waals surface area contributed by atoms with Gasteiger partial charge in [0.25, 0.3) is 0 Å². The van der Waals surface area contributed by atoms with Crippen molar-refractivity contribution in [3.8, 4) is 5.75 Å². The number of pyridine rings is 1. The summed E-state index contributed by atoms with van der Waals surface area (Å²) in [7, 11) is 0. The number of nitrogens with two attached hydrogens (primary N) is 1. The van der Waals surface area contributed by atoms with Gasteiger partial charge in [-0.3, -0.25) is 14.7 Å². The highest BCUT2D eigenvalue weighted by molar-refractivity contribution is 6.40. The fourth-order valence-corrected chi connectivity index (χ4v) is 4.11. The van der Waals surface area contributed by atoms with Crippen LogP contribution >= 0.6 is 0 Å². The van der Waals surface area contributed by atoms with Gasteiger partial charge >= 0.3 is 11.8 Å². The minimum absolute atomic E-state index is 0.283. The second-order valence-electron chi connectivity index (χ2n) is 7.78. The van der Waals surface area contributed by atoms with Gasteiger partial charge in [0.1, 0.15) is 11.6 Å². The maximum Gasteiger partial charge on any atom is 0.314 e. The molecular weight excluding hydrogens is 420 g/mol. The zero-order valence-corrected chi connectivity index (χ0v) is 17.7. The lowest BCUT2D eigenvalue weighted by Crippen LogP contribution is -2.43. The molecule has 0 saturated carbocycles. The highest BCUT2D eigenvalue weighted by atomic mass is 16.5. The van der Waals surface area contributed by atoms with Gasteiger partial charge in [0.05, 0.1) is 41.6 Å². The number of benzene rings is 2. The molecule has 0 bridgehead atoms. The molecule has 4 N–H and O–H groups in total. The molecule has 1 aliphatic heterocycles. The zero-order chi connectivity index (χ0) is 22.8. The molecule has 2 aromatic carbocycles. The first kappa shape index (κ1) is 20.5. The van der Waals surface area contributed by atoms with Crippen LogP contribution in [0, 0.1) is 0 Å². The van der Waals surface area contributed by atoms with E-state index in [1.165, 1.54) is 12.4 Å². The Balaban J connectivity index is 1.47. The molecule has 0 aliphatic carbocycles. The van der Waals surface area contributed by atoms with Gasteiger partial charge in [-0.05, 0) is 11.6 Å². The van der Waals surface area contributed by atoms with Crippen molar-refractivity contribution in [2.45, 2.75) is 19.0 Å². The van der Waals surface area contributed by atoms with Gasteiger partial charge in [0, 0.05) is 18.5 Å². The molecule has 2 amide bonds. The summed E-state index contributed by atoms with van der Waals surface area (Å²) in [5.41, 5.74) is 8.51. The van der Waals surface area contributed by atoms with E-state index in [-0.39, 0.29) is 18.4 Å². The number of rotatable bonds is 4. The smallest absolute Gasteiger partial charge is 0.314 e. The predicted molar refractivity (Wildman–Crippen MR) is 123 cm³/mol. The molecule has 1 aliphatic rings. The number of ether oxygens (including phenoxy) is 1. The van der Waals surface area contributed by atoms with E-state index in [9.17, 15) is 9.59 Å². The minimum atomic E-state index is -0.766. The summed E-state index contributed by atoms with van der Waals surface area (Å²) in [6.45, 7) is 0.740. The van der Waals surface area contributed by atoms with Gasteiger partial charge in [-0.1, -0.05) is 48.5 Å². The van der Waals surface area contributed by atoms with Gasteiger partial charge in [0.15, 0.2) is 0 Å². The molecular formula is C24H22N6O3. The molecule has 2 aromatic heterocycles. The predicted octanol–water partition coefficient (Wildman–Crippen LogP) is 3.03. The minimum Gasteiger partial charge on any atom is -0.493 e. The van der Waals surface area contributed by atoms with E-state index in [1.54, 1.807) is 4.90 Å². The van der Waals surface area contributed by atoms with E-state index >= 15 is 0 Å². The van der Waals surface area contributed by atoms with Gasteiger partial charge in [0.2, 0.25) is 0 Å². The van der Waals surface area contributed by atoms with Crippen LogP contribution in [0.3, 0.4) is 0 Å². The molecule has 0 radical (unpaired) electrons. The summed E-state index contributed by atoms with van der Waals surface area (Å²) in [6.07, 6.45) is 3.51. The number of carbonyl (C=O) groups is 2. The number of H-pyrrole nitrogens is 1. The molecule has 0 spiro atoms. The van der Waals surface area contributed by atoms with E-state index in [2.05, 4.69) is 20.5 Å². The van der Waals surface area contributed by atoms with Crippen molar-refractivity contribution < 1.29 is 14.3 Å². The van der Waals surface area contributed by atoms with Crippen molar-refractivity contribution in [2.24, 2.45) is 0 Å². The molecule has 9 heteroatoms. The first-order chi connectivity index (χ1) is 16.1. The Bertz CT molecular complexity index is 1320. The quantitative estimate of drug-likeness (QED) is 0.417. The standard InChI is InChI=1S/C24H22N6O3/c25-22-17-12-27-29-21(17)18(13-26-22)28-23(31)24(32)30(14-15-6-2-1-3-7-15)19-10-11-33-20-9-5-4-8-16(19)20/h1-9,12-13,19H,10-11,14H2,(H2,25,26)(H,27,29)(H,28,31). The van der Waals surface area contributed by atoms with Crippen molar-refractivity contribution in [2.75, 3.05) is 17.7 Å². The summed E-state index contributed by atoms with van der Waals surface area (Å²) >= 11 is 0. The Morgan fingerprint density at radius 3 is 2.76 bits per heavy atom. The fourth-order valence-electron chi connectivity index (χ4n) is 4.11. The van der Waals surface area contributed by atoms with Crippen molar-refractivity contribution in [1.82, 2.24) is 20.1 Å². The van der Waals surface area contributed by atoms with Crippen LogP contribution in [0.1, 0.15) is 23.6 Å². The Morgan fingerprint density at radius 1 is 1.12 bits per heavy atom. The number of hydrogen-bond acceptors (Lipinski definition) is 6. The first-order valence-corrected chi connectivity index (χ1v) is 10.6. The normalized spacial score (nSPS) is 14.8. The highest BCUT2D eigenvalue weighted by Gasteiger charge is 2.33. The zero-order valence-electron chi connectivity index (χ0n) is 17.7. The van der Waals surface area contributed by atoms with Crippen LogP contribution in [-0.4, -0.2) is 38.5 Å². The Hall–Kier alpha value is -4.40. The molecule has 5 rings (SSSR count). The number of amides is 2. The largest absolute Gasteiger partial charge is 0.493 e. The van der Waals surface area contributed by atoms with E-state index < -0.39 is 11.8 Å². The van der Waals surface area contributed by atoms with Crippen LogP contribution in [0.5, 0.6) is 5.75 Å². The Kier molecular flexibility index (Phi) is 5.35. The number of anilines is 2. The van der Waals surface area contributed by atoms with E-state index in [1.807, 2.05) is 54.6 Å². The number of carbonyl (C=O) groups excluding carboxylic acids is 2. The maximum atomic E-state index is 13.5. The average molecular weight is 442 g/mol. The van der Waals surface area contributed by atoms with E-state index in [0.29, 0.717) is 29.6 Å². The first-order valence-electron chi connectivity index (χ1n) is 10.6. The van der Waals surface area contributed by atoms with E-state index in [0.717, 1.165) is 16.9 Å². The Labute approximate surface area is 189 Å². The third-order valence-electron chi connectivity index (χ3n) is 5.72. The number of fused-ring (bicyclic) bond motifs is 2. The van der Waals surface area contributed by atoms with Crippen LogP contribution in [-0.2, 0) is 16.1 Å². The topological polar surface area (TPSA) is 126 Å². The summed E-state index contributed by atoms with van der Waals surface area (Å²) in [5.74, 6) is -0.406. The second-order valence-corrected chi connectivity index (χ2v) is 7.78. The van der Waals surface area contributed by atoms with Gasteiger partial charge in [-0.2, -0.15) is 5.10 Å². The second kappa shape index (κ2) is 8.62. The number of nitrogens with one attached hydrogen (secondary N) is 2. The summed E-state index contributed by atoms with van der Waals surface area (Å²) < 4.78 is 5.77. The summed E-state index contributed by atoms with van der Waals surface area (Å²) in [5, 5.41) is 10.00. The lowest BCUT2D eigenvalue weighted by Gasteiger charge is -2.35. The number of para-hydroxylation sites is 1. The van der Waals surface area contributed by atoms with Crippen LogP contribution in [0.15, 0.2) is 67.0 Å². The number of aromatic nitrogens is 3. The SMILES string of the molecule is Nc1ncc(NC(=O)C(=O)N(Cc2ccccc2)C2CCOc3ccccc32)c2[nH]ncc12. The van der Waals surface area contributed by atoms with Crippen molar-refractivity contribution in [3.05, 3.63) is 78.1 Å². The van der Waals surface area contributed by atoms with Crippen molar-refractivity contribution in [3.63, 3.8) is 0 Å². The molecule has 3 heterocycles. The molecule has 4 aromatic rings. The number of aromatic amines is 1. The monoisotopic (exact) mass is 442 g/mol.